The first-order valence-electron chi connectivity index (χ1n) is 9.56. The Morgan fingerprint density at radius 1 is 1.21 bits per heavy atom. The Morgan fingerprint density at radius 2 is 1.97 bits per heavy atom. The fourth-order valence-corrected chi connectivity index (χ4v) is 3.09. The highest BCUT2D eigenvalue weighted by Crippen LogP contribution is 2.23. The second kappa shape index (κ2) is 13.2. The van der Waals surface area contributed by atoms with Gasteiger partial charge in [0.15, 0.2) is 0 Å². The summed E-state index contributed by atoms with van der Waals surface area (Å²) in [5.41, 5.74) is 0.960. The van der Waals surface area contributed by atoms with E-state index >= 15 is 0 Å². The highest BCUT2D eigenvalue weighted by Gasteiger charge is 2.15. The summed E-state index contributed by atoms with van der Waals surface area (Å²) in [6, 6.07) is 11.1. The van der Waals surface area contributed by atoms with E-state index in [9.17, 15) is 4.79 Å². The molecule has 3 rings (SSSR count). The van der Waals surface area contributed by atoms with Crippen LogP contribution in [-0.2, 0) is 11.3 Å². The summed E-state index contributed by atoms with van der Waals surface area (Å²) < 4.78 is 11.2. The van der Waals surface area contributed by atoms with Crippen LogP contribution in [0.5, 0.6) is 17.4 Å². The third-order valence-corrected chi connectivity index (χ3v) is 4.59. The second-order valence-electron chi connectivity index (χ2n) is 6.68. The summed E-state index contributed by atoms with van der Waals surface area (Å²) in [5, 5.41) is 6.31. The van der Waals surface area contributed by atoms with Crippen LogP contribution in [0.1, 0.15) is 31.7 Å². The lowest BCUT2D eigenvalue weighted by molar-refractivity contribution is -0.121. The first-order valence-corrected chi connectivity index (χ1v) is 9.56. The maximum Gasteiger partial charge on any atom is 0.220 e. The third kappa shape index (κ3) is 8.48. The standard InChI is InChI=1S/C21H27N3O3.2ClH/c1-2-26-18-4-6-19(7-5-18)27-21-13-17(10-12-23-21)15-24-20(25)8-3-16-9-11-22-14-16;;/h4-7,10,12-13,16,22H,2-3,8-9,11,14-15H2,1H3,(H,24,25);2*1H. The number of pyridine rings is 1. The molecule has 1 aliphatic heterocycles. The number of halogens is 2. The smallest absolute Gasteiger partial charge is 0.220 e. The maximum atomic E-state index is 12.0. The van der Waals surface area contributed by atoms with E-state index in [1.807, 2.05) is 43.3 Å². The van der Waals surface area contributed by atoms with E-state index in [1.54, 1.807) is 6.20 Å². The lowest BCUT2D eigenvalue weighted by Crippen LogP contribution is -2.23. The molecule has 0 spiro atoms. The molecule has 1 aliphatic rings. The third-order valence-electron chi connectivity index (χ3n) is 4.59. The molecule has 1 amide bonds. The van der Waals surface area contributed by atoms with Gasteiger partial charge in [0.25, 0.3) is 0 Å². The number of carbonyl (C=O) groups is 1. The highest BCUT2D eigenvalue weighted by molar-refractivity contribution is 5.85. The van der Waals surface area contributed by atoms with E-state index in [0.717, 1.165) is 30.8 Å². The molecule has 0 saturated carbocycles. The highest BCUT2D eigenvalue weighted by atomic mass is 35.5. The van der Waals surface area contributed by atoms with Crippen LogP contribution in [-0.4, -0.2) is 30.6 Å². The van der Waals surface area contributed by atoms with E-state index in [0.29, 0.717) is 37.1 Å². The quantitative estimate of drug-likeness (QED) is 0.611. The van der Waals surface area contributed by atoms with E-state index in [4.69, 9.17) is 9.47 Å². The van der Waals surface area contributed by atoms with E-state index < -0.39 is 0 Å². The zero-order chi connectivity index (χ0) is 18.9. The van der Waals surface area contributed by atoms with Gasteiger partial charge < -0.3 is 20.1 Å². The fourth-order valence-electron chi connectivity index (χ4n) is 3.09. The van der Waals surface area contributed by atoms with Crippen LogP contribution in [0.4, 0.5) is 0 Å². The summed E-state index contributed by atoms with van der Waals surface area (Å²) in [6.07, 6.45) is 4.38. The molecule has 8 heteroatoms. The first-order chi connectivity index (χ1) is 13.2. The molecule has 1 aromatic heterocycles. The maximum absolute atomic E-state index is 12.0. The second-order valence-corrected chi connectivity index (χ2v) is 6.68. The van der Waals surface area contributed by atoms with Crippen molar-refractivity contribution in [3.63, 3.8) is 0 Å². The average molecular weight is 442 g/mol. The lowest BCUT2D eigenvalue weighted by atomic mass is 10.0. The molecule has 2 N–H and O–H groups in total. The van der Waals surface area contributed by atoms with Crippen LogP contribution in [0, 0.1) is 5.92 Å². The number of aromatic nitrogens is 1. The molecule has 0 radical (unpaired) electrons. The Balaban J connectivity index is 0.00000210. The molecule has 1 saturated heterocycles. The molecule has 6 nitrogen and oxygen atoms in total. The summed E-state index contributed by atoms with van der Waals surface area (Å²) in [4.78, 5) is 16.3. The number of nitrogens with one attached hydrogen (secondary N) is 2. The molecule has 0 bridgehead atoms. The van der Waals surface area contributed by atoms with Crippen LogP contribution >= 0.6 is 24.8 Å². The Hall–Kier alpha value is -2.02. The Kier molecular flexibility index (Phi) is 11.4. The molecule has 1 atom stereocenters. The SMILES string of the molecule is CCOc1ccc(Oc2cc(CNC(=O)CCC3CCNC3)ccn2)cc1.Cl.Cl. The number of benzene rings is 1. The number of rotatable bonds is 9. The van der Waals surface area contributed by atoms with Crippen molar-refractivity contribution in [3.8, 4) is 17.4 Å². The van der Waals surface area contributed by atoms with Crippen molar-refractivity contribution in [1.29, 1.82) is 0 Å². The van der Waals surface area contributed by atoms with Gasteiger partial charge in [0.2, 0.25) is 11.8 Å². The van der Waals surface area contributed by atoms with Gasteiger partial charge in [-0.15, -0.1) is 24.8 Å². The topological polar surface area (TPSA) is 72.5 Å². The molecule has 1 unspecified atom stereocenters. The van der Waals surface area contributed by atoms with E-state index in [2.05, 4.69) is 15.6 Å². The summed E-state index contributed by atoms with van der Waals surface area (Å²) >= 11 is 0. The van der Waals surface area contributed by atoms with Crippen molar-refractivity contribution in [3.05, 3.63) is 48.2 Å². The van der Waals surface area contributed by atoms with Crippen LogP contribution in [0.2, 0.25) is 0 Å². The number of hydrogen-bond acceptors (Lipinski definition) is 5. The summed E-state index contributed by atoms with van der Waals surface area (Å²) in [6.45, 7) is 5.16. The predicted octanol–water partition coefficient (Wildman–Crippen LogP) is 4.12. The van der Waals surface area contributed by atoms with Gasteiger partial charge in [-0.1, -0.05) is 0 Å². The number of amides is 1. The van der Waals surface area contributed by atoms with Crippen molar-refractivity contribution in [2.75, 3.05) is 19.7 Å². The summed E-state index contributed by atoms with van der Waals surface area (Å²) in [7, 11) is 0. The van der Waals surface area contributed by atoms with Gasteiger partial charge in [-0.3, -0.25) is 4.79 Å². The van der Waals surface area contributed by atoms with Gasteiger partial charge in [0.1, 0.15) is 11.5 Å². The molecule has 160 valence electrons. The average Bonchev–Trinajstić information content (AvgIpc) is 3.20. The van der Waals surface area contributed by atoms with Crippen molar-refractivity contribution in [2.45, 2.75) is 32.7 Å². The van der Waals surface area contributed by atoms with Crippen molar-refractivity contribution in [2.24, 2.45) is 5.92 Å². The molecular weight excluding hydrogens is 413 g/mol. The molecule has 1 fully saturated rings. The molecule has 1 aromatic carbocycles. The largest absolute Gasteiger partial charge is 0.494 e. The van der Waals surface area contributed by atoms with Gasteiger partial charge in [0.05, 0.1) is 6.61 Å². The minimum Gasteiger partial charge on any atom is -0.494 e. The molecular formula is C21H29Cl2N3O3. The molecule has 0 aliphatic carbocycles. The van der Waals surface area contributed by atoms with Gasteiger partial charge in [-0.05, 0) is 74.7 Å². The number of hydrogen-bond donors (Lipinski definition) is 2. The number of carbonyl (C=O) groups excluding carboxylic acids is 1. The van der Waals surface area contributed by atoms with Crippen molar-refractivity contribution in [1.82, 2.24) is 15.6 Å². The van der Waals surface area contributed by atoms with Crippen LogP contribution in [0.15, 0.2) is 42.6 Å². The fraction of sp³-hybridized carbons (Fsp3) is 0.429. The molecule has 2 aromatic rings. The van der Waals surface area contributed by atoms with Crippen molar-refractivity contribution >= 4 is 30.7 Å². The number of nitrogens with zero attached hydrogens (tertiary/aromatic N) is 1. The lowest BCUT2D eigenvalue weighted by Gasteiger charge is -2.10. The van der Waals surface area contributed by atoms with Gasteiger partial charge in [0, 0.05) is 25.2 Å². The molecule has 2 heterocycles. The molecule has 29 heavy (non-hydrogen) atoms. The first kappa shape index (κ1) is 25.0. The van der Waals surface area contributed by atoms with E-state index in [1.165, 1.54) is 6.42 Å². The van der Waals surface area contributed by atoms with Crippen molar-refractivity contribution < 1.29 is 14.3 Å². The normalized spacial score (nSPS) is 15.0. The van der Waals surface area contributed by atoms with Gasteiger partial charge >= 0.3 is 0 Å². The minimum absolute atomic E-state index is 0. The Morgan fingerprint density at radius 3 is 2.66 bits per heavy atom. The van der Waals surface area contributed by atoms with Gasteiger partial charge in [-0.25, -0.2) is 4.98 Å². The van der Waals surface area contributed by atoms with Crippen LogP contribution in [0.25, 0.3) is 0 Å². The monoisotopic (exact) mass is 441 g/mol. The zero-order valence-corrected chi connectivity index (χ0v) is 18.2. The zero-order valence-electron chi connectivity index (χ0n) is 16.6. The van der Waals surface area contributed by atoms with Crippen LogP contribution in [0.3, 0.4) is 0 Å². The Bertz CT molecular complexity index is 738. The van der Waals surface area contributed by atoms with E-state index in [-0.39, 0.29) is 30.7 Å². The number of ether oxygens (including phenoxy) is 2. The predicted molar refractivity (Wildman–Crippen MR) is 118 cm³/mol. The van der Waals surface area contributed by atoms with Gasteiger partial charge in [-0.2, -0.15) is 0 Å². The minimum atomic E-state index is 0. The Labute approximate surface area is 184 Å². The van der Waals surface area contributed by atoms with Crippen LogP contribution < -0.4 is 20.1 Å². The summed E-state index contributed by atoms with van der Waals surface area (Å²) in [5.74, 6) is 2.72.